The van der Waals surface area contributed by atoms with Crippen molar-refractivity contribution in [3.05, 3.63) is 34.9 Å². The van der Waals surface area contributed by atoms with Gasteiger partial charge in [-0.1, -0.05) is 29.8 Å². The van der Waals surface area contributed by atoms with Gasteiger partial charge >= 0.3 is 0 Å². The predicted molar refractivity (Wildman–Crippen MR) is 93.2 cm³/mol. The van der Waals surface area contributed by atoms with Crippen molar-refractivity contribution in [3.63, 3.8) is 0 Å². The average molecular weight is 346 g/mol. The second-order valence-corrected chi connectivity index (χ2v) is 7.83. The second kappa shape index (κ2) is 9.00. The third kappa shape index (κ3) is 7.13. The van der Waals surface area contributed by atoms with E-state index >= 15 is 0 Å². The first-order valence-corrected chi connectivity index (χ1v) is 9.68. The summed E-state index contributed by atoms with van der Waals surface area (Å²) >= 11 is 6.17. The predicted octanol–water partition coefficient (Wildman–Crippen LogP) is 2.17. The molecule has 0 saturated carbocycles. The molecule has 5 nitrogen and oxygen atoms in total. The van der Waals surface area contributed by atoms with Gasteiger partial charge < -0.3 is 10.2 Å². The van der Waals surface area contributed by atoms with Crippen molar-refractivity contribution >= 4 is 27.4 Å². The van der Waals surface area contributed by atoms with Crippen LogP contribution >= 0.6 is 11.6 Å². The number of rotatable bonds is 7. The minimum atomic E-state index is -2.93. The van der Waals surface area contributed by atoms with Gasteiger partial charge in [0.05, 0.1) is 5.75 Å². The topological polar surface area (TPSA) is 61.8 Å². The summed E-state index contributed by atoms with van der Waals surface area (Å²) in [6, 6.07) is 7.69. The zero-order valence-corrected chi connectivity index (χ0v) is 14.9. The molecule has 124 valence electrons. The summed E-state index contributed by atoms with van der Waals surface area (Å²) in [7, 11) is -0.998. The standard InChI is InChI=1S/C15H24ClN3O2S/c1-4-17-15(18-10-7-11-22(3,20)21)19(2)12-13-8-5-6-9-14(13)16/h5-6,8-9H,4,7,10-12H2,1-3H3,(H,17,18). The normalized spacial score (nSPS) is 12.3. The van der Waals surface area contributed by atoms with Gasteiger partial charge in [0, 0.05) is 38.0 Å². The van der Waals surface area contributed by atoms with Crippen LogP contribution in [0, 0.1) is 0 Å². The fourth-order valence-electron chi connectivity index (χ4n) is 1.94. The van der Waals surface area contributed by atoms with E-state index in [0.29, 0.717) is 19.5 Å². The molecular formula is C15H24ClN3O2S. The summed E-state index contributed by atoms with van der Waals surface area (Å²) in [6.45, 7) is 3.85. The van der Waals surface area contributed by atoms with E-state index in [1.54, 1.807) is 0 Å². The molecule has 0 aromatic heterocycles. The number of benzene rings is 1. The van der Waals surface area contributed by atoms with Gasteiger partial charge in [0.1, 0.15) is 9.84 Å². The van der Waals surface area contributed by atoms with Crippen LogP contribution in [0.25, 0.3) is 0 Å². The van der Waals surface area contributed by atoms with Crippen LogP contribution in [0.15, 0.2) is 29.3 Å². The molecule has 1 aromatic carbocycles. The lowest BCUT2D eigenvalue weighted by atomic mass is 10.2. The molecule has 1 rings (SSSR count). The van der Waals surface area contributed by atoms with E-state index in [1.807, 2.05) is 43.1 Å². The Balaban J connectivity index is 2.66. The summed E-state index contributed by atoms with van der Waals surface area (Å²) in [5.74, 6) is 0.903. The summed E-state index contributed by atoms with van der Waals surface area (Å²) in [6.07, 6.45) is 1.76. The van der Waals surface area contributed by atoms with Gasteiger partial charge in [-0.2, -0.15) is 0 Å². The van der Waals surface area contributed by atoms with Crippen molar-refractivity contribution in [2.75, 3.05) is 32.1 Å². The van der Waals surface area contributed by atoms with Gasteiger partial charge in [0.2, 0.25) is 0 Å². The Morgan fingerprint density at radius 3 is 2.64 bits per heavy atom. The van der Waals surface area contributed by atoms with Gasteiger partial charge in [0.25, 0.3) is 0 Å². The van der Waals surface area contributed by atoms with E-state index in [0.717, 1.165) is 23.1 Å². The Bertz CT molecular complexity index is 603. The third-order valence-corrected chi connectivity index (χ3v) is 4.40. The number of halogens is 1. The molecule has 0 radical (unpaired) electrons. The van der Waals surface area contributed by atoms with Crippen LogP contribution in [0.5, 0.6) is 0 Å². The van der Waals surface area contributed by atoms with Crippen molar-refractivity contribution in [2.24, 2.45) is 4.99 Å². The van der Waals surface area contributed by atoms with Gasteiger partial charge in [-0.3, -0.25) is 4.99 Å². The Morgan fingerprint density at radius 2 is 2.05 bits per heavy atom. The van der Waals surface area contributed by atoms with E-state index in [9.17, 15) is 8.42 Å². The number of hydrogen-bond acceptors (Lipinski definition) is 3. The first-order valence-electron chi connectivity index (χ1n) is 7.24. The van der Waals surface area contributed by atoms with E-state index in [-0.39, 0.29) is 5.75 Å². The molecule has 0 aliphatic carbocycles. The van der Waals surface area contributed by atoms with Gasteiger partial charge in [-0.15, -0.1) is 0 Å². The molecule has 22 heavy (non-hydrogen) atoms. The lowest BCUT2D eigenvalue weighted by Crippen LogP contribution is -2.38. The maximum Gasteiger partial charge on any atom is 0.193 e. The quantitative estimate of drug-likeness (QED) is 0.467. The molecular weight excluding hydrogens is 322 g/mol. The fraction of sp³-hybridized carbons (Fsp3) is 0.533. The van der Waals surface area contributed by atoms with Crippen LogP contribution in [-0.2, 0) is 16.4 Å². The van der Waals surface area contributed by atoms with Crippen molar-refractivity contribution < 1.29 is 8.42 Å². The monoisotopic (exact) mass is 345 g/mol. The van der Waals surface area contributed by atoms with E-state index < -0.39 is 9.84 Å². The first-order chi connectivity index (χ1) is 10.3. The number of hydrogen-bond donors (Lipinski definition) is 1. The molecule has 0 heterocycles. The van der Waals surface area contributed by atoms with E-state index in [4.69, 9.17) is 11.6 Å². The van der Waals surface area contributed by atoms with Gasteiger partial charge in [-0.25, -0.2) is 8.42 Å². The highest BCUT2D eigenvalue weighted by atomic mass is 35.5. The van der Waals surface area contributed by atoms with E-state index in [1.165, 1.54) is 6.26 Å². The zero-order chi connectivity index (χ0) is 16.6. The average Bonchev–Trinajstić information content (AvgIpc) is 2.43. The van der Waals surface area contributed by atoms with Crippen LogP contribution in [0.2, 0.25) is 5.02 Å². The number of nitrogens with zero attached hydrogens (tertiary/aromatic N) is 2. The first kappa shape index (κ1) is 18.8. The summed E-state index contributed by atoms with van der Waals surface area (Å²) < 4.78 is 22.2. The van der Waals surface area contributed by atoms with Crippen molar-refractivity contribution in [2.45, 2.75) is 19.9 Å². The van der Waals surface area contributed by atoms with Gasteiger partial charge in [0.15, 0.2) is 5.96 Å². The van der Waals surface area contributed by atoms with Crippen molar-refractivity contribution in [1.29, 1.82) is 0 Å². The summed E-state index contributed by atoms with van der Waals surface area (Å²) in [5.41, 5.74) is 1.02. The van der Waals surface area contributed by atoms with Crippen LogP contribution in [0.4, 0.5) is 0 Å². The molecule has 0 bridgehead atoms. The minimum Gasteiger partial charge on any atom is -0.357 e. The minimum absolute atomic E-state index is 0.157. The molecule has 0 fully saturated rings. The van der Waals surface area contributed by atoms with Crippen LogP contribution in [0.3, 0.4) is 0 Å². The maximum atomic E-state index is 11.1. The Morgan fingerprint density at radius 1 is 1.36 bits per heavy atom. The highest BCUT2D eigenvalue weighted by Crippen LogP contribution is 2.16. The van der Waals surface area contributed by atoms with Crippen LogP contribution in [-0.4, -0.2) is 51.4 Å². The second-order valence-electron chi connectivity index (χ2n) is 5.17. The SMILES string of the molecule is CCNC(=NCCCS(C)(=O)=O)N(C)Cc1ccccc1Cl. The molecule has 0 unspecified atom stereocenters. The highest BCUT2D eigenvalue weighted by molar-refractivity contribution is 7.90. The molecule has 0 amide bonds. The van der Waals surface area contributed by atoms with Crippen molar-refractivity contribution in [1.82, 2.24) is 10.2 Å². The van der Waals surface area contributed by atoms with E-state index in [2.05, 4.69) is 10.3 Å². The molecule has 0 spiro atoms. The summed E-state index contributed by atoms with van der Waals surface area (Å²) in [5, 5.41) is 3.93. The molecule has 0 aliphatic heterocycles. The lowest BCUT2D eigenvalue weighted by molar-refractivity contribution is 0.477. The molecule has 1 aromatic rings. The van der Waals surface area contributed by atoms with Crippen LogP contribution < -0.4 is 5.32 Å². The number of guanidine groups is 1. The molecule has 0 saturated heterocycles. The fourth-order valence-corrected chi connectivity index (χ4v) is 2.79. The Kier molecular flexibility index (Phi) is 7.68. The largest absolute Gasteiger partial charge is 0.357 e. The third-order valence-electron chi connectivity index (χ3n) is 3.00. The number of aliphatic imine (C=N–C) groups is 1. The Labute approximate surface area is 138 Å². The molecule has 1 N–H and O–H groups in total. The molecule has 0 atom stereocenters. The van der Waals surface area contributed by atoms with Crippen LogP contribution in [0.1, 0.15) is 18.9 Å². The van der Waals surface area contributed by atoms with Crippen molar-refractivity contribution in [3.8, 4) is 0 Å². The Hall–Kier alpha value is -1.27. The summed E-state index contributed by atoms with van der Waals surface area (Å²) in [4.78, 5) is 6.44. The number of sulfone groups is 1. The molecule has 7 heteroatoms. The van der Waals surface area contributed by atoms with Gasteiger partial charge in [-0.05, 0) is 25.0 Å². The zero-order valence-electron chi connectivity index (χ0n) is 13.3. The molecule has 0 aliphatic rings. The highest BCUT2D eigenvalue weighted by Gasteiger charge is 2.09. The maximum absolute atomic E-state index is 11.1. The smallest absolute Gasteiger partial charge is 0.193 e. The number of nitrogens with one attached hydrogen (secondary N) is 1. The lowest BCUT2D eigenvalue weighted by Gasteiger charge is -2.22.